The van der Waals surface area contributed by atoms with Crippen molar-refractivity contribution in [1.29, 1.82) is 0 Å². The van der Waals surface area contributed by atoms with Gasteiger partial charge in [-0.2, -0.15) is 0 Å². The molecule has 1 heterocycles. The summed E-state index contributed by atoms with van der Waals surface area (Å²) in [6.45, 7) is 0.715. The number of hydrogen-bond acceptors (Lipinski definition) is 6. The van der Waals surface area contributed by atoms with Gasteiger partial charge in [0.1, 0.15) is 12.2 Å². The number of ether oxygens (including phenoxy) is 1. The number of likely N-dealkylation sites (N-methyl/N-ethyl adjacent to an activating group) is 1. The van der Waals surface area contributed by atoms with Crippen molar-refractivity contribution in [2.75, 3.05) is 45.7 Å². The molecule has 168 valence electrons. The molecule has 1 aliphatic rings. The van der Waals surface area contributed by atoms with Gasteiger partial charge in [0.2, 0.25) is 0 Å². The number of hydrogen-bond donors (Lipinski definition) is 3. The molecule has 0 radical (unpaired) electrons. The van der Waals surface area contributed by atoms with Crippen LogP contribution < -0.4 is 10.2 Å². The van der Waals surface area contributed by atoms with Crippen molar-refractivity contribution in [3.63, 3.8) is 0 Å². The molecule has 4 unspecified atom stereocenters. The van der Waals surface area contributed by atoms with Crippen molar-refractivity contribution in [2.24, 2.45) is 0 Å². The molecule has 3 rings (SSSR count). The van der Waals surface area contributed by atoms with Crippen molar-refractivity contribution in [1.82, 2.24) is 10.2 Å². The molecule has 1 fully saturated rings. The van der Waals surface area contributed by atoms with Gasteiger partial charge in [-0.1, -0.05) is 30.3 Å². The Hall–Kier alpha value is -2.45. The summed E-state index contributed by atoms with van der Waals surface area (Å²) in [5, 5.41) is 23.2. The van der Waals surface area contributed by atoms with Crippen LogP contribution in [0.25, 0.3) is 0 Å². The highest BCUT2D eigenvalue weighted by Crippen LogP contribution is 2.25. The maximum atomic E-state index is 12.6. The van der Waals surface area contributed by atoms with Gasteiger partial charge in [0.25, 0.3) is 5.91 Å². The second kappa shape index (κ2) is 10.7. The van der Waals surface area contributed by atoms with E-state index in [4.69, 9.17) is 4.74 Å². The number of carbonyl (C=O) groups is 1. The fraction of sp³-hybridized carbons (Fsp3) is 0.458. The number of aliphatic hydroxyl groups is 2. The largest absolute Gasteiger partial charge is 0.394 e. The van der Waals surface area contributed by atoms with Crippen LogP contribution in [0.4, 0.5) is 5.69 Å². The van der Waals surface area contributed by atoms with Gasteiger partial charge in [-0.15, -0.1) is 0 Å². The lowest BCUT2D eigenvalue weighted by molar-refractivity contribution is -0.0209. The number of nitrogens with one attached hydrogen (secondary N) is 1. The molecule has 31 heavy (non-hydrogen) atoms. The fourth-order valence-electron chi connectivity index (χ4n) is 4.00. The zero-order valence-electron chi connectivity index (χ0n) is 18.4. The van der Waals surface area contributed by atoms with E-state index in [1.165, 1.54) is 5.56 Å². The molecule has 1 amide bonds. The lowest BCUT2D eigenvalue weighted by Gasteiger charge is -2.30. The molecular formula is C24H33N3O4. The number of benzene rings is 2. The molecule has 7 heteroatoms. The molecule has 0 bridgehead atoms. The van der Waals surface area contributed by atoms with Crippen LogP contribution >= 0.6 is 0 Å². The summed E-state index contributed by atoms with van der Waals surface area (Å²) in [4.78, 5) is 16.6. The Morgan fingerprint density at radius 3 is 2.32 bits per heavy atom. The quantitative estimate of drug-likeness (QED) is 0.557. The van der Waals surface area contributed by atoms with Gasteiger partial charge in [0.05, 0.1) is 18.8 Å². The van der Waals surface area contributed by atoms with Crippen molar-refractivity contribution in [3.05, 3.63) is 65.7 Å². The van der Waals surface area contributed by atoms with Gasteiger partial charge in [-0.25, -0.2) is 0 Å². The third kappa shape index (κ3) is 5.83. The van der Waals surface area contributed by atoms with E-state index in [9.17, 15) is 15.0 Å². The van der Waals surface area contributed by atoms with Crippen LogP contribution in [0.2, 0.25) is 0 Å². The third-order valence-electron chi connectivity index (χ3n) is 5.86. The minimum absolute atomic E-state index is 0.193. The second-order valence-electron chi connectivity index (χ2n) is 8.24. The van der Waals surface area contributed by atoms with Crippen LogP contribution in [0.1, 0.15) is 15.9 Å². The summed E-state index contributed by atoms with van der Waals surface area (Å²) in [6, 6.07) is 17.2. The molecule has 0 aliphatic carbocycles. The molecule has 4 atom stereocenters. The summed E-state index contributed by atoms with van der Waals surface area (Å²) in [7, 11) is 5.84. The van der Waals surface area contributed by atoms with E-state index < -0.39 is 18.3 Å². The van der Waals surface area contributed by atoms with E-state index in [-0.39, 0.29) is 25.1 Å². The molecule has 7 nitrogen and oxygen atoms in total. The van der Waals surface area contributed by atoms with Gasteiger partial charge in [0, 0.05) is 38.4 Å². The highest BCUT2D eigenvalue weighted by molar-refractivity contribution is 5.94. The first-order valence-corrected chi connectivity index (χ1v) is 10.6. The molecule has 3 N–H and O–H groups in total. The van der Waals surface area contributed by atoms with E-state index in [1.54, 1.807) is 12.1 Å². The first-order chi connectivity index (χ1) is 14.9. The molecular weight excluding hydrogens is 394 g/mol. The molecule has 2 aromatic rings. The average molecular weight is 428 g/mol. The van der Waals surface area contributed by atoms with E-state index in [0.29, 0.717) is 5.56 Å². The Morgan fingerprint density at radius 2 is 1.71 bits per heavy atom. The van der Waals surface area contributed by atoms with Gasteiger partial charge >= 0.3 is 0 Å². The Bertz CT molecular complexity index is 828. The summed E-state index contributed by atoms with van der Waals surface area (Å²) in [5.41, 5.74) is 2.80. The Balaban J connectivity index is 1.61. The first kappa shape index (κ1) is 23.2. The summed E-state index contributed by atoms with van der Waals surface area (Å²) < 4.78 is 5.88. The lowest BCUT2D eigenvalue weighted by Crippen LogP contribution is -2.50. The van der Waals surface area contributed by atoms with Crippen molar-refractivity contribution in [3.8, 4) is 0 Å². The third-order valence-corrected chi connectivity index (χ3v) is 5.86. The van der Waals surface area contributed by atoms with E-state index in [1.807, 2.05) is 56.4 Å². The second-order valence-corrected chi connectivity index (χ2v) is 8.24. The van der Waals surface area contributed by atoms with Crippen molar-refractivity contribution >= 4 is 11.6 Å². The minimum atomic E-state index is -0.827. The predicted octanol–water partition coefficient (Wildman–Crippen LogP) is 1.15. The van der Waals surface area contributed by atoms with Crippen LogP contribution in [0.3, 0.4) is 0 Å². The number of amides is 1. The lowest BCUT2D eigenvalue weighted by atomic mass is 10.0. The number of carbonyl (C=O) groups excluding carboxylic acids is 1. The zero-order valence-corrected chi connectivity index (χ0v) is 18.4. The summed E-state index contributed by atoms with van der Waals surface area (Å²) in [6.07, 6.45) is -1.07. The highest BCUT2D eigenvalue weighted by Gasteiger charge is 2.45. The number of rotatable bonds is 9. The van der Waals surface area contributed by atoms with Crippen LogP contribution in [0, 0.1) is 0 Å². The molecule has 1 aliphatic heterocycles. The fourth-order valence-corrected chi connectivity index (χ4v) is 4.00. The van der Waals surface area contributed by atoms with Crippen LogP contribution in [0.15, 0.2) is 54.6 Å². The average Bonchev–Trinajstić information content (AvgIpc) is 3.11. The van der Waals surface area contributed by atoms with Crippen LogP contribution in [0.5, 0.6) is 0 Å². The Kier molecular flexibility index (Phi) is 8.03. The predicted molar refractivity (Wildman–Crippen MR) is 121 cm³/mol. The Morgan fingerprint density at radius 1 is 1.03 bits per heavy atom. The van der Waals surface area contributed by atoms with E-state index in [2.05, 4.69) is 22.3 Å². The molecule has 0 aromatic heterocycles. The standard InChI is InChI=1S/C24H33N3O4/c1-26(2)19-11-9-18(10-12-19)24(30)25-15-20-22(23(29)21(16-28)31-20)27(3)14-13-17-7-5-4-6-8-17/h4-12,20-23,28-29H,13-16H2,1-3H3,(H,25,30). The normalized spacial score (nSPS) is 23.2. The first-order valence-electron chi connectivity index (χ1n) is 10.6. The van der Waals surface area contributed by atoms with Crippen molar-refractivity contribution in [2.45, 2.75) is 30.8 Å². The molecule has 2 aromatic carbocycles. The van der Waals surface area contributed by atoms with E-state index in [0.717, 1.165) is 18.7 Å². The van der Waals surface area contributed by atoms with Gasteiger partial charge < -0.3 is 25.2 Å². The highest BCUT2D eigenvalue weighted by atomic mass is 16.5. The smallest absolute Gasteiger partial charge is 0.251 e. The van der Waals surface area contributed by atoms with Crippen LogP contribution in [-0.4, -0.2) is 86.2 Å². The maximum absolute atomic E-state index is 12.6. The molecule has 0 saturated carbocycles. The molecule has 0 spiro atoms. The minimum Gasteiger partial charge on any atom is -0.394 e. The topological polar surface area (TPSA) is 85.3 Å². The SMILES string of the molecule is CN(C)c1ccc(C(=O)NCC2OC(CO)C(O)C2N(C)CCc2ccccc2)cc1. The summed E-state index contributed by atoms with van der Waals surface area (Å²) in [5.74, 6) is -0.193. The Labute approximate surface area is 184 Å². The maximum Gasteiger partial charge on any atom is 0.251 e. The summed E-state index contributed by atoms with van der Waals surface area (Å²) >= 11 is 0. The monoisotopic (exact) mass is 427 g/mol. The molecule has 1 saturated heterocycles. The van der Waals surface area contributed by atoms with Crippen LogP contribution in [-0.2, 0) is 11.2 Å². The van der Waals surface area contributed by atoms with E-state index >= 15 is 0 Å². The van der Waals surface area contributed by atoms with Gasteiger partial charge in [-0.3, -0.25) is 9.69 Å². The zero-order chi connectivity index (χ0) is 22.4. The van der Waals surface area contributed by atoms with Gasteiger partial charge in [-0.05, 0) is 43.3 Å². The van der Waals surface area contributed by atoms with Crippen molar-refractivity contribution < 1.29 is 19.7 Å². The number of aliphatic hydroxyl groups excluding tert-OH is 2. The van der Waals surface area contributed by atoms with Gasteiger partial charge in [0.15, 0.2) is 0 Å². The number of anilines is 1. The number of nitrogens with zero attached hydrogens (tertiary/aromatic N) is 2.